The van der Waals surface area contributed by atoms with E-state index >= 15 is 0 Å². The number of piperazine rings is 1. The van der Waals surface area contributed by atoms with Crippen LogP contribution in [0.3, 0.4) is 0 Å². The molecule has 0 unspecified atom stereocenters. The van der Waals surface area contributed by atoms with E-state index in [1.165, 1.54) is 0 Å². The fraction of sp³-hybridized carbons (Fsp3) is 0.406. The Balaban J connectivity index is 1.41. The number of anilines is 1. The molecule has 0 N–H and O–H groups in total. The van der Waals surface area contributed by atoms with Gasteiger partial charge in [0.2, 0.25) is 0 Å². The molecule has 0 atom stereocenters. The minimum absolute atomic E-state index is 0.0765. The summed E-state index contributed by atoms with van der Waals surface area (Å²) in [5, 5.41) is 5.73. The molecule has 1 amide bonds. The molecular formula is C32H37N9O3. The summed E-state index contributed by atoms with van der Waals surface area (Å²) < 4.78 is 15.3. The lowest BCUT2D eigenvalue weighted by atomic mass is 10.1. The molecule has 2 aliphatic heterocycles. The second-order valence-electron chi connectivity index (χ2n) is 11.6. The average molecular weight is 596 g/mol. The van der Waals surface area contributed by atoms with Crippen molar-refractivity contribution in [3.05, 3.63) is 59.4 Å². The number of hydrogen-bond donors (Lipinski definition) is 0. The fourth-order valence-electron chi connectivity index (χ4n) is 6.43. The van der Waals surface area contributed by atoms with Gasteiger partial charge in [-0.05, 0) is 45.5 Å². The van der Waals surface area contributed by atoms with Crippen molar-refractivity contribution >= 4 is 28.1 Å². The summed E-state index contributed by atoms with van der Waals surface area (Å²) in [5.41, 5.74) is 6.79. The van der Waals surface area contributed by atoms with Gasteiger partial charge >= 0.3 is 0 Å². The van der Waals surface area contributed by atoms with E-state index in [0.29, 0.717) is 37.9 Å². The van der Waals surface area contributed by atoms with Gasteiger partial charge in [-0.25, -0.2) is 9.67 Å². The van der Waals surface area contributed by atoms with E-state index in [9.17, 15) is 4.79 Å². The Bertz CT molecular complexity index is 1880. The summed E-state index contributed by atoms with van der Waals surface area (Å²) in [6.45, 7) is 11.9. The molecular weight excluding hydrogens is 558 g/mol. The van der Waals surface area contributed by atoms with Gasteiger partial charge in [-0.15, -0.1) is 0 Å². The molecule has 44 heavy (non-hydrogen) atoms. The molecule has 0 aromatic carbocycles. The Labute approximate surface area is 255 Å². The fourth-order valence-corrected chi connectivity index (χ4v) is 6.43. The van der Waals surface area contributed by atoms with Gasteiger partial charge in [0.1, 0.15) is 5.75 Å². The van der Waals surface area contributed by atoms with Crippen molar-refractivity contribution in [3.8, 4) is 22.8 Å². The van der Waals surface area contributed by atoms with Crippen LogP contribution in [0.4, 0.5) is 5.82 Å². The molecule has 0 aliphatic carbocycles. The largest absolute Gasteiger partial charge is 0.496 e. The first-order valence-corrected chi connectivity index (χ1v) is 15.0. The number of amides is 1. The van der Waals surface area contributed by atoms with Crippen LogP contribution in [-0.4, -0.2) is 111 Å². The highest BCUT2D eigenvalue weighted by atomic mass is 16.5. The van der Waals surface area contributed by atoms with Gasteiger partial charge in [0, 0.05) is 68.4 Å². The average Bonchev–Trinajstić information content (AvgIpc) is 3.59. The highest BCUT2D eigenvalue weighted by Gasteiger charge is 2.29. The summed E-state index contributed by atoms with van der Waals surface area (Å²) in [7, 11) is 3.74. The third-order valence-corrected chi connectivity index (χ3v) is 8.94. The highest BCUT2D eigenvalue weighted by molar-refractivity contribution is 6.01. The van der Waals surface area contributed by atoms with Crippen molar-refractivity contribution in [1.82, 2.24) is 38.9 Å². The van der Waals surface area contributed by atoms with E-state index in [-0.39, 0.29) is 5.91 Å². The summed E-state index contributed by atoms with van der Waals surface area (Å²) in [4.78, 5) is 34.9. The molecule has 2 saturated heterocycles. The Morgan fingerprint density at radius 3 is 2.52 bits per heavy atom. The van der Waals surface area contributed by atoms with Crippen LogP contribution >= 0.6 is 0 Å². The molecule has 228 valence electrons. The van der Waals surface area contributed by atoms with Crippen molar-refractivity contribution in [3.63, 3.8) is 0 Å². The van der Waals surface area contributed by atoms with Gasteiger partial charge in [-0.3, -0.25) is 14.8 Å². The monoisotopic (exact) mass is 595 g/mol. The smallest absolute Gasteiger partial charge is 0.256 e. The van der Waals surface area contributed by atoms with Gasteiger partial charge in [0.25, 0.3) is 5.91 Å². The van der Waals surface area contributed by atoms with Gasteiger partial charge in [0.15, 0.2) is 11.6 Å². The Hall–Kier alpha value is -4.55. The van der Waals surface area contributed by atoms with E-state index in [2.05, 4.69) is 26.2 Å². The topological polar surface area (TPSA) is 106 Å². The van der Waals surface area contributed by atoms with E-state index in [4.69, 9.17) is 24.5 Å². The lowest BCUT2D eigenvalue weighted by molar-refractivity contribution is 0.0663. The summed E-state index contributed by atoms with van der Waals surface area (Å²) in [6.07, 6.45) is 7.29. The van der Waals surface area contributed by atoms with Crippen LogP contribution in [0.2, 0.25) is 0 Å². The molecule has 0 spiro atoms. The molecule has 0 radical (unpaired) electrons. The molecule has 5 aromatic rings. The third-order valence-electron chi connectivity index (χ3n) is 8.94. The Morgan fingerprint density at radius 1 is 1.00 bits per heavy atom. The summed E-state index contributed by atoms with van der Waals surface area (Å²) in [6, 6.07) is 3.83. The molecule has 7 rings (SSSR count). The zero-order valence-electron chi connectivity index (χ0n) is 25.9. The molecule has 2 fully saturated rings. The van der Waals surface area contributed by atoms with Gasteiger partial charge in [0.05, 0.1) is 60.6 Å². The number of aryl methyl sites for hydroxylation is 3. The molecule has 2 aliphatic rings. The summed E-state index contributed by atoms with van der Waals surface area (Å²) in [5.74, 6) is 2.25. The van der Waals surface area contributed by atoms with Gasteiger partial charge < -0.3 is 28.6 Å². The molecule has 0 bridgehead atoms. The lowest BCUT2D eigenvalue weighted by Crippen LogP contribution is -2.47. The number of pyridine rings is 2. The number of methoxy groups -OCH3 is 1. The SMILES string of the molecule is COc1ccncc1-c1cc2c(cnn2-c2cn3c(C)c(C(=O)N4CCN(C)CC4)c(C)c3c(N3CCOCC3)n2)c(C)n1. The van der Waals surface area contributed by atoms with Gasteiger partial charge in [-0.1, -0.05) is 0 Å². The Kier molecular flexibility index (Phi) is 7.17. The number of carbonyl (C=O) groups excluding carboxylic acids is 1. The molecule has 0 saturated carbocycles. The van der Waals surface area contributed by atoms with Gasteiger partial charge in [-0.2, -0.15) is 5.10 Å². The third kappa shape index (κ3) is 4.65. The second kappa shape index (κ2) is 11.2. The van der Waals surface area contributed by atoms with Crippen LogP contribution in [0.25, 0.3) is 33.5 Å². The second-order valence-corrected chi connectivity index (χ2v) is 11.6. The van der Waals surface area contributed by atoms with Crippen LogP contribution < -0.4 is 9.64 Å². The van der Waals surface area contributed by atoms with Crippen molar-refractivity contribution in [1.29, 1.82) is 0 Å². The van der Waals surface area contributed by atoms with Crippen molar-refractivity contribution in [2.45, 2.75) is 20.8 Å². The van der Waals surface area contributed by atoms with Crippen molar-refractivity contribution < 1.29 is 14.3 Å². The molecule has 12 heteroatoms. The maximum absolute atomic E-state index is 14.0. The minimum atomic E-state index is 0.0765. The number of likely N-dealkylation sites (N-methyl/N-ethyl adjacent to an activating group) is 1. The quantitative estimate of drug-likeness (QED) is 0.303. The zero-order chi connectivity index (χ0) is 30.5. The normalized spacial score (nSPS) is 16.3. The maximum atomic E-state index is 14.0. The minimum Gasteiger partial charge on any atom is -0.496 e. The molecule has 12 nitrogen and oxygen atoms in total. The van der Waals surface area contributed by atoms with Crippen molar-refractivity contribution in [2.24, 2.45) is 0 Å². The van der Waals surface area contributed by atoms with E-state index in [1.54, 1.807) is 19.5 Å². The predicted molar refractivity (Wildman–Crippen MR) is 168 cm³/mol. The summed E-state index contributed by atoms with van der Waals surface area (Å²) >= 11 is 0. The lowest BCUT2D eigenvalue weighted by Gasteiger charge is -2.32. The number of rotatable bonds is 5. The van der Waals surface area contributed by atoms with E-state index in [1.807, 2.05) is 54.9 Å². The number of ether oxygens (including phenoxy) is 2. The number of morpholine rings is 1. The number of fused-ring (bicyclic) bond motifs is 2. The van der Waals surface area contributed by atoms with Crippen molar-refractivity contribution in [2.75, 3.05) is 71.5 Å². The molecule has 5 aromatic heterocycles. The van der Waals surface area contributed by atoms with Crippen LogP contribution in [0, 0.1) is 20.8 Å². The Morgan fingerprint density at radius 2 is 1.77 bits per heavy atom. The number of carbonyl (C=O) groups is 1. The van der Waals surface area contributed by atoms with Crippen LogP contribution in [0.1, 0.15) is 27.3 Å². The first kappa shape index (κ1) is 28.2. The highest BCUT2D eigenvalue weighted by Crippen LogP contribution is 2.34. The van der Waals surface area contributed by atoms with E-state index < -0.39 is 0 Å². The number of hydrogen-bond acceptors (Lipinski definition) is 9. The van der Waals surface area contributed by atoms with Crippen LogP contribution in [0.15, 0.2) is 36.9 Å². The standard InChI is InChI=1S/C32H37N9O3/c1-20-29(32(42)39-10-8-37(4)9-11-39)22(3)40-19-28(36-31(30(20)40)38-12-14-44-15-13-38)41-26-16-25(35-21(2)23(26)18-34-41)24-17-33-7-6-27(24)43-5/h6-7,16-19H,8-15H2,1-5H3. The predicted octanol–water partition coefficient (Wildman–Crippen LogP) is 3.29. The zero-order valence-corrected chi connectivity index (χ0v) is 25.9. The maximum Gasteiger partial charge on any atom is 0.256 e. The van der Waals surface area contributed by atoms with E-state index in [0.717, 1.165) is 82.2 Å². The van der Waals surface area contributed by atoms with Crippen LogP contribution in [-0.2, 0) is 4.74 Å². The first-order chi connectivity index (χ1) is 21.4. The first-order valence-electron chi connectivity index (χ1n) is 15.0. The number of aromatic nitrogens is 6. The van der Waals surface area contributed by atoms with Crippen LogP contribution in [0.5, 0.6) is 5.75 Å². The number of nitrogens with zero attached hydrogens (tertiary/aromatic N) is 9. The molecule has 7 heterocycles.